The maximum absolute atomic E-state index is 4.39. The fourth-order valence-corrected chi connectivity index (χ4v) is 1.76. The molecule has 0 saturated heterocycles. The number of benzene rings is 1. The molecule has 2 aromatic heterocycles. The van der Waals surface area contributed by atoms with Crippen LogP contribution < -0.4 is 0 Å². The first-order chi connectivity index (χ1) is 7.34. The Hall–Kier alpha value is -2.10. The first kappa shape index (κ1) is 8.23. The highest BCUT2D eigenvalue weighted by molar-refractivity contribution is 5.83. The van der Waals surface area contributed by atoms with E-state index in [9.17, 15) is 0 Å². The number of fused-ring (bicyclic) bond motifs is 1. The Kier molecular flexibility index (Phi) is 1.62. The zero-order chi connectivity index (χ0) is 10.3. The number of aromatic nitrogens is 4. The summed E-state index contributed by atoms with van der Waals surface area (Å²) in [5.41, 5.74) is 3.11. The lowest BCUT2D eigenvalue weighted by Gasteiger charge is -2.02. The number of hydrogen-bond acceptors (Lipinski definition) is 2. The minimum atomic E-state index is 0.928. The van der Waals surface area contributed by atoms with Crippen molar-refractivity contribution in [1.29, 1.82) is 0 Å². The van der Waals surface area contributed by atoms with Gasteiger partial charge in [-0.25, -0.2) is 9.97 Å². The predicted octanol–water partition coefficient (Wildman–Crippen LogP) is 2.06. The predicted molar refractivity (Wildman–Crippen MR) is 58.0 cm³/mol. The zero-order valence-electron chi connectivity index (χ0n) is 8.31. The smallest absolute Gasteiger partial charge is 0.104 e. The lowest BCUT2D eigenvalue weighted by Crippen LogP contribution is -1.90. The summed E-state index contributed by atoms with van der Waals surface area (Å²) in [4.78, 5) is 11.7. The van der Waals surface area contributed by atoms with E-state index in [0.29, 0.717) is 0 Å². The quantitative estimate of drug-likeness (QED) is 0.650. The average Bonchev–Trinajstić information content (AvgIpc) is 2.82. The second-order valence-electron chi connectivity index (χ2n) is 3.46. The molecule has 0 saturated carbocycles. The van der Waals surface area contributed by atoms with Gasteiger partial charge in [-0.3, -0.25) is 0 Å². The number of rotatable bonds is 1. The lowest BCUT2D eigenvalue weighted by atomic mass is 10.2. The van der Waals surface area contributed by atoms with Crippen LogP contribution in [0.1, 0.15) is 5.82 Å². The minimum Gasteiger partial charge on any atom is -0.340 e. The summed E-state index contributed by atoms with van der Waals surface area (Å²) in [5, 5.41) is 0. The summed E-state index contributed by atoms with van der Waals surface area (Å²) in [7, 11) is 0. The molecule has 0 atom stereocenters. The number of aromatic amines is 1. The van der Waals surface area contributed by atoms with Gasteiger partial charge in [0.25, 0.3) is 0 Å². The van der Waals surface area contributed by atoms with Crippen molar-refractivity contribution in [3.8, 4) is 5.69 Å². The molecule has 0 bridgehead atoms. The van der Waals surface area contributed by atoms with Gasteiger partial charge in [0.2, 0.25) is 0 Å². The Labute approximate surface area is 86.6 Å². The van der Waals surface area contributed by atoms with Crippen LogP contribution in [-0.4, -0.2) is 19.5 Å². The summed E-state index contributed by atoms with van der Waals surface area (Å²) in [5.74, 6) is 0.928. The number of nitrogens with one attached hydrogen (secondary N) is 1. The summed E-state index contributed by atoms with van der Waals surface area (Å²) < 4.78 is 1.97. The zero-order valence-corrected chi connectivity index (χ0v) is 8.31. The Bertz CT molecular complexity index is 592. The Morgan fingerprint density at radius 1 is 1.33 bits per heavy atom. The third-order valence-electron chi connectivity index (χ3n) is 2.40. The molecule has 0 spiro atoms. The van der Waals surface area contributed by atoms with Crippen LogP contribution in [0, 0.1) is 6.92 Å². The van der Waals surface area contributed by atoms with Gasteiger partial charge in [0.05, 0.1) is 23.0 Å². The molecule has 0 unspecified atom stereocenters. The van der Waals surface area contributed by atoms with Gasteiger partial charge in [-0.05, 0) is 19.1 Å². The van der Waals surface area contributed by atoms with E-state index in [1.54, 1.807) is 12.5 Å². The summed E-state index contributed by atoms with van der Waals surface area (Å²) in [6.45, 7) is 1.96. The second-order valence-corrected chi connectivity index (χ2v) is 3.46. The van der Waals surface area contributed by atoms with Gasteiger partial charge >= 0.3 is 0 Å². The van der Waals surface area contributed by atoms with Crippen molar-refractivity contribution in [3.63, 3.8) is 0 Å². The molecule has 3 rings (SSSR count). The first-order valence-corrected chi connectivity index (χ1v) is 4.78. The van der Waals surface area contributed by atoms with Crippen molar-refractivity contribution < 1.29 is 0 Å². The van der Waals surface area contributed by atoms with E-state index in [-0.39, 0.29) is 0 Å². The molecule has 3 aromatic rings. The van der Waals surface area contributed by atoms with E-state index in [2.05, 4.69) is 15.0 Å². The number of nitrogens with zero attached hydrogens (tertiary/aromatic N) is 3. The van der Waals surface area contributed by atoms with Gasteiger partial charge in [-0.1, -0.05) is 6.07 Å². The third-order valence-corrected chi connectivity index (χ3v) is 2.40. The molecule has 0 aliphatic rings. The topological polar surface area (TPSA) is 46.5 Å². The Morgan fingerprint density at radius 3 is 3.07 bits per heavy atom. The highest BCUT2D eigenvalue weighted by atomic mass is 15.0. The normalized spacial score (nSPS) is 11.0. The molecule has 1 N–H and O–H groups in total. The van der Waals surface area contributed by atoms with E-state index in [1.807, 2.05) is 35.9 Å². The summed E-state index contributed by atoms with van der Waals surface area (Å²) in [6.07, 6.45) is 5.47. The molecule has 1 aromatic carbocycles. The van der Waals surface area contributed by atoms with Crippen molar-refractivity contribution in [2.75, 3.05) is 0 Å². The van der Waals surface area contributed by atoms with Crippen LogP contribution in [0.25, 0.3) is 16.7 Å². The molecular formula is C11H10N4. The van der Waals surface area contributed by atoms with E-state index >= 15 is 0 Å². The monoisotopic (exact) mass is 198 g/mol. The maximum atomic E-state index is 4.39. The third kappa shape index (κ3) is 1.22. The molecular weight excluding hydrogens is 188 g/mol. The minimum absolute atomic E-state index is 0.928. The molecule has 0 fully saturated rings. The van der Waals surface area contributed by atoms with Crippen molar-refractivity contribution in [2.24, 2.45) is 0 Å². The number of para-hydroxylation sites is 1. The fraction of sp³-hybridized carbons (Fsp3) is 0.0909. The van der Waals surface area contributed by atoms with Crippen LogP contribution in [0.15, 0.2) is 36.9 Å². The van der Waals surface area contributed by atoms with Gasteiger partial charge in [0.1, 0.15) is 5.82 Å². The molecule has 0 radical (unpaired) electrons. The van der Waals surface area contributed by atoms with E-state index in [4.69, 9.17) is 0 Å². The highest BCUT2D eigenvalue weighted by Gasteiger charge is 2.05. The Balaban J connectivity index is 2.35. The van der Waals surface area contributed by atoms with E-state index in [1.165, 1.54) is 0 Å². The van der Waals surface area contributed by atoms with Crippen LogP contribution >= 0.6 is 0 Å². The number of aryl methyl sites for hydroxylation is 1. The van der Waals surface area contributed by atoms with Gasteiger partial charge in [-0.2, -0.15) is 0 Å². The van der Waals surface area contributed by atoms with Crippen molar-refractivity contribution in [3.05, 3.63) is 42.7 Å². The molecule has 0 amide bonds. The van der Waals surface area contributed by atoms with Crippen LogP contribution in [0.2, 0.25) is 0 Å². The molecule has 0 aliphatic heterocycles. The largest absolute Gasteiger partial charge is 0.340 e. The van der Waals surface area contributed by atoms with Gasteiger partial charge in [0.15, 0.2) is 0 Å². The van der Waals surface area contributed by atoms with Crippen LogP contribution in [0.4, 0.5) is 0 Å². The molecule has 4 heteroatoms. The van der Waals surface area contributed by atoms with Crippen LogP contribution in [-0.2, 0) is 0 Å². The fourth-order valence-electron chi connectivity index (χ4n) is 1.76. The van der Waals surface area contributed by atoms with Gasteiger partial charge in [-0.15, -0.1) is 0 Å². The number of hydrogen-bond donors (Lipinski definition) is 1. The van der Waals surface area contributed by atoms with Gasteiger partial charge in [0, 0.05) is 12.4 Å². The second kappa shape index (κ2) is 2.95. The first-order valence-electron chi connectivity index (χ1n) is 4.78. The Morgan fingerprint density at radius 2 is 2.27 bits per heavy atom. The summed E-state index contributed by atoms with van der Waals surface area (Å²) in [6, 6.07) is 6.04. The molecule has 4 nitrogen and oxygen atoms in total. The van der Waals surface area contributed by atoms with Gasteiger partial charge < -0.3 is 9.55 Å². The maximum Gasteiger partial charge on any atom is 0.104 e. The molecule has 74 valence electrons. The lowest BCUT2D eigenvalue weighted by molar-refractivity contribution is 1.06. The van der Waals surface area contributed by atoms with Crippen molar-refractivity contribution in [1.82, 2.24) is 19.5 Å². The number of H-pyrrole nitrogens is 1. The average molecular weight is 198 g/mol. The highest BCUT2D eigenvalue weighted by Crippen LogP contribution is 2.19. The SMILES string of the molecule is Cc1nc2cccc(-n3ccnc3)c2[nH]1. The molecule has 15 heavy (non-hydrogen) atoms. The summed E-state index contributed by atoms with van der Waals surface area (Å²) >= 11 is 0. The van der Waals surface area contributed by atoms with Crippen LogP contribution in [0.3, 0.4) is 0 Å². The number of imidazole rings is 2. The van der Waals surface area contributed by atoms with Crippen molar-refractivity contribution in [2.45, 2.75) is 6.92 Å². The van der Waals surface area contributed by atoms with E-state index < -0.39 is 0 Å². The van der Waals surface area contributed by atoms with E-state index in [0.717, 1.165) is 22.5 Å². The van der Waals surface area contributed by atoms with Crippen LogP contribution in [0.5, 0.6) is 0 Å². The van der Waals surface area contributed by atoms with Crippen molar-refractivity contribution >= 4 is 11.0 Å². The standard InChI is InChI=1S/C11H10N4/c1-8-13-9-3-2-4-10(11(9)14-8)15-6-5-12-7-15/h2-7H,1H3,(H,13,14). The molecule has 2 heterocycles. The molecule has 0 aliphatic carbocycles.